The van der Waals surface area contributed by atoms with Crippen LogP contribution in [0.5, 0.6) is 11.5 Å². The zero-order valence-corrected chi connectivity index (χ0v) is 19.9. The average molecular weight is 469 g/mol. The molecule has 0 aliphatic carbocycles. The normalized spacial score (nSPS) is 12.0. The standard InChI is InChI=1S/C25H28N2O5S/c1-18(19-8-6-5-7-9-19)17-26-25(28)20-10-12-21(13-11-20)27(2)33(29,30)22-14-15-23(31-3)24(16-22)32-4/h5-16,18H,17H2,1-4H3,(H,26,28). The van der Waals surface area contributed by atoms with Crippen molar-refractivity contribution >= 4 is 21.6 Å². The maximum atomic E-state index is 13.1. The van der Waals surface area contributed by atoms with Crippen LogP contribution >= 0.6 is 0 Å². The predicted molar refractivity (Wildman–Crippen MR) is 129 cm³/mol. The Morgan fingerprint density at radius 1 is 0.939 bits per heavy atom. The fourth-order valence-corrected chi connectivity index (χ4v) is 4.56. The molecule has 0 fully saturated rings. The van der Waals surface area contributed by atoms with E-state index < -0.39 is 10.0 Å². The quantitative estimate of drug-likeness (QED) is 0.512. The fraction of sp³-hybridized carbons (Fsp3) is 0.240. The van der Waals surface area contributed by atoms with Gasteiger partial charge in [0.05, 0.1) is 24.8 Å². The molecule has 8 heteroatoms. The lowest BCUT2D eigenvalue weighted by Gasteiger charge is -2.20. The van der Waals surface area contributed by atoms with Crippen molar-refractivity contribution in [2.45, 2.75) is 17.7 Å². The summed E-state index contributed by atoms with van der Waals surface area (Å²) < 4.78 is 37.7. The van der Waals surface area contributed by atoms with E-state index in [1.807, 2.05) is 37.3 Å². The van der Waals surface area contributed by atoms with Crippen LogP contribution < -0.4 is 19.1 Å². The predicted octanol–water partition coefficient (Wildman–Crippen LogP) is 4.06. The Hall–Kier alpha value is -3.52. The van der Waals surface area contributed by atoms with Gasteiger partial charge in [0.2, 0.25) is 0 Å². The van der Waals surface area contributed by atoms with E-state index in [9.17, 15) is 13.2 Å². The van der Waals surface area contributed by atoms with Crippen LogP contribution in [-0.4, -0.2) is 42.1 Å². The Balaban J connectivity index is 1.70. The summed E-state index contributed by atoms with van der Waals surface area (Å²) in [5.74, 6) is 0.724. The molecular weight excluding hydrogens is 440 g/mol. The number of methoxy groups -OCH3 is 2. The number of carbonyl (C=O) groups is 1. The number of nitrogens with zero attached hydrogens (tertiary/aromatic N) is 1. The molecule has 0 bridgehead atoms. The minimum Gasteiger partial charge on any atom is -0.493 e. The molecule has 1 amide bonds. The average Bonchev–Trinajstić information content (AvgIpc) is 2.86. The first kappa shape index (κ1) is 24.1. The smallest absolute Gasteiger partial charge is 0.264 e. The van der Waals surface area contributed by atoms with Gasteiger partial charge in [-0.1, -0.05) is 37.3 Å². The second kappa shape index (κ2) is 10.4. The highest BCUT2D eigenvalue weighted by Crippen LogP contribution is 2.31. The largest absolute Gasteiger partial charge is 0.493 e. The molecule has 0 aliphatic heterocycles. The Kier molecular flexibility index (Phi) is 7.60. The van der Waals surface area contributed by atoms with Gasteiger partial charge in [-0.25, -0.2) is 8.42 Å². The molecule has 0 spiro atoms. The van der Waals surface area contributed by atoms with Crippen LogP contribution in [0.4, 0.5) is 5.69 Å². The van der Waals surface area contributed by atoms with Crippen LogP contribution in [0.3, 0.4) is 0 Å². The third-order valence-corrected chi connectivity index (χ3v) is 7.23. The van der Waals surface area contributed by atoms with Gasteiger partial charge in [-0.2, -0.15) is 0 Å². The summed E-state index contributed by atoms with van der Waals surface area (Å²) >= 11 is 0. The zero-order chi connectivity index (χ0) is 24.0. The second-order valence-electron chi connectivity index (χ2n) is 7.56. The van der Waals surface area contributed by atoms with E-state index in [1.54, 1.807) is 30.3 Å². The van der Waals surface area contributed by atoms with Crippen LogP contribution in [-0.2, 0) is 10.0 Å². The lowest BCUT2D eigenvalue weighted by atomic mass is 10.0. The van der Waals surface area contributed by atoms with E-state index in [0.717, 1.165) is 9.87 Å². The molecule has 0 saturated heterocycles. The molecule has 174 valence electrons. The summed E-state index contributed by atoms with van der Waals surface area (Å²) in [7, 11) is 0.554. The summed E-state index contributed by atoms with van der Waals surface area (Å²) in [6, 6.07) is 20.8. The van der Waals surface area contributed by atoms with Crippen molar-refractivity contribution in [3.05, 3.63) is 83.9 Å². The van der Waals surface area contributed by atoms with Crippen LogP contribution in [0.25, 0.3) is 0 Å². The van der Waals surface area contributed by atoms with Crippen molar-refractivity contribution < 1.29 is 22.7 Å². The van der Waals surface area contributed by atoms with E-state index >= 15 is 0 Å². The van der Waals surface area contributed by atoms with Gasteiger partial charge in [-0.15, -0.1) is 0 Å². The number of hydrogen-bond acceptors (Lipinski definition) is 5. The number of hydrogen-bond donors (Lipinski definition) is 1. The van der Waals surface area contributed by atoms with Crippen molar-refractivity contribution in [3.8, 4) is 11.5 Å². The lowest BCUT2D eigenvalue weighted by molar-refractivity contribution is 0.0951. The van der Waals surface area contributed by atoms with Crippen LogP contribution in [0.2, 0.25) is 0 Å². The van der Waals surface area contributed by atoms with Gasteiger partial charge in [-0.3, -0.25) is 9.10 Å². The van der Waals surface area contributed by atoms with Gasteiger partial charge in [0, 0.05) is 25.2 Å². The van der Waals surface area contributed by atoms with E-state index in [1.165, 1.54) is 33.4 Å². The van der Waals surface area contributed by atoms with E-state index in [0.29, 0.717) is 29.3 Å². The van der Waals surface area contributed by atoms with Crippen LogP contribution in [0.15, 0.2) is 77.7 Å². The molecule has 0 radical (unpaired) electrons. The summed E-state index contributed by atoms with van der Waals surface area (Å²) in [6.45, 7) is 2.55. The van der Waals surface area contributed by atoms with Crippen molar-refractivity contribution in [2.75, 3.05) is 32.1 Å². The van der Waals surface area contributed by atoms with E-state index in [2.05, 4.69) is 5.32 Å². The molecule has 3 rings (SSSR count). The number of rotatable bonds is 9. The Morgan fingerprint density at radius 3 is 2.18 bits per heavy atom. The highest BCUT2D eigenvalue weighted by Gasteiger charge is 2.23. The molecule has 1 atom stereocenters. The SMILES string of the molecule is COc1ccc(S(=O)(=O)N(C)c2ccc(C(=O)NCC(C)c3ccccc3)cc2)cc1OC. The minimum atomic E-state index is -3.84. The number of ether oxygens (including phenoxy) is 2. The summed E-state index contributed by atoms with van der Waals surface area (Å²) in [5, 5.41) is 2.93. The van der Waals surface area contributed by atoms with Gasteiger partial charge in [0.25, 0.3) is 15.9 Å². The van der Waals surface area contributed by atoms with Gasteiger partial charge in [-0.05, 0) is 47.9 Å². The molecule has 0 aliphatic rings. The first-order chi connectivity index (χ1) is 15.8. The molecule has 7 nitrogen and oxygen atoms in total. The zero-order valence-electron chi connectivity index (χ0n) is 19.1. The molecular formula is C25H28N2O5S. The van der Waals surface area contributed by atoms with Gasteiger partial charge < -0.3 is 14.8 Å². The van der Waals surface area contributed by atoms with Crippen LogP contribution in [0.1, 0.15) is 28.8 Å². The number of anilines is 1. The molecule has 1 unspecified atom stereocenters. The number of benzene rings is 3. The van der Waals surface area contributed by atoms with Gasteiger partial charge in [0.1, 0.15) is 0 Å². The van der Waals surface area contributed by atoms with Crippen molar-refractivity contribution in [3.63, 3.8) is 0 Å². The number of nitrogens with one attached hydrogen (secondary N) is 1. The topological polar surface area (TPSA) is 84.9 Å². The summed E-state index contributed by atoms with van der Waals surface area (Å²) in [4.78, 5) is 12.6. The molecule has 3 aromatic rings. The first-order valence-corrected chi connectivity index (χ1v) is 11.9. The lowest BCUT2D eigenvalue weighted by Crippen LogP contribution is -2.28. The fourth-order valence-electron chi connectivity index (χ4n) is 3.34. The third-order valence-electron chi connectivity index (χ3n) is 5.44. The Bertz CT molecular complexity index is 1200. The van der Waals surface area contributed by atoms with Gasteiger partial charge in [0.15, 0.2) is 11.5 Å². The van der Waals surface area contributed by atoms with Crippen molar-refractivity contribution in [1.29, 1.82) is 0 Å². The van der Waals surface area contributed by atoms with Crippen molar-refractivity contribution in [1.82, 2.24) is 5.32 Å². The maximum absolute atomic E-state index is 13.1. The molecule has 1 N–H and O–H groups in total. The maximum Gasteiger partial charge on any atom is 0.264 e. The molecule has 0 saturated carbocycles. The molecule has 3 aromatic carbocycles. The van der Waals surface area contributed by atoms with Crippen molar-refractivity contribution in [2.24, 2.45) is 0 Å². The van der Waals surface area contributed by atoms with E-state index in [-0.39, 0.29) is 16.7 Å². The van der Waals surface area contributed by atoms with Crippen LogP contribution in [0, 0.1) is 0 Å². The number of amides is 1. The highest BCUT2D eigenvalue weighted by atomic mass is 32.2. The highest BCUT2D eigenvalue weighted by molar-refractivity contribution is 7.92. The number of carbonyl (C=O) groups excluding carboxylic acids is 1. The monoisotopic (exact) mass is 468 g/mol. The Labute approximate surface area is 195 Å². The second-order valence-corrected chi connectivity index (χ2v) is 9.53. The summed E-state index contributed by atoms with van der Waals surface area (Å²) in [5.41, 5.74) is 2.03. The molecule has 0 aromatic heterocycles. The first-order valence-electron chi connectivity index (χ1n) is 10.4. The molecule has 0 heterocycles. The third kappa shape index (κ3) is 5.46. The summed E-state index contributed by atoms with van der Waals surface area (Å²) in [6.07, 6.45) is 0. The number of sulfonamides is 1. The Morgan fingerprint density at radius 2 is 1.58 bits per heavy atom. The van der Waals surface area contributed by atoms with Gasteiger partial charge >= 0.3 is 0 Å². The minimum absolute atomic E-state index is 0.0689. The van der Waals surface area contributed by atoms with E-state index in [4.69, 9.17) is 9.47 Å². The molecule has 33 heavy (non-hydrogen) atoms.